The molecule has 0 aliphatic carbocycles. The second kappa shape index (κ2) is 7.55. The predicted octanol–water partition coefficient (Wildman–Crippen LogP) is 3.65. The highest BCUT2D eigenvalue weighted by atomic mass is 15.3. The van der Waals surface area contributed by atoms with Gasteiger partial charge in [-0.05, 0) is 23.3 Å². The van der Waals surface area contributed by atoms with Crippen molar-refractivity contribution in [3.8, 4) is 11.1 Å². The molecule has 0 aliphatic heterocycles. The Labute approximate surface area is 167 Å². The largest absolute Gasteiger partial charge is 0.366 e. The number of nitrogens with zero attached hydrogens (tertiary/aromatic N) is 6. The molecule has 0 amide bonds. The van der Waals surface area contributed by atoms with E-state index in [1.165, 1.54) is 5.56 Å². The van der Waals surface area contributed by atoms with Crippen molar-refractivity contribution in [2.75, 3.05) is 5.32 Å². The third-order valence-corrected chi connectivity index (χ3v) is 4.70. The Balaban J connectivity index is 1.39. The molecule has 0 atom stereocenters. The zero-order valence-corrected chi connectivity index (χ0v) is 15.7. The monoisotopic (exact) mass is 381 g/mol. The number of pyridine rings is 1. The molecule has 4 aromatic heterocycles. The van der Waals surface area contributed by atoms with Crippen LogP contribution in [0.15, 0.2) is 85.7 Å². The number of anilines is 1. The maximum atomic E-state index is 4.75. The highest BCUT2D eigenvalue weighted by molar-refractivity contribution is 5.76. The van der Waals surface area contributed by atoms with E-state index >= 15 is 0 Å². The molecule has 1 aromatic carbocycles. The molecule has 5 rings (SSSR count). The van der Waals surface area contributed by atoms with Gasteiger partial charge in [0.1, 0.15) is 5.82 Å². The normalized spacial score (nSPS) is 11.0. The van der Waals surface area contributed by atoms with E-state index in [0.29, 0.717) is 6.54 Å². The maximum absolute atomic E-state index is 4.75. The molecule has 5 aromatic rings. The van der Waals surface area contributed by atoms with Gasteiger partial charge < -0.3 is 5.32 Å². The van der Waals surface area contributed by atoms with Gasteiger partial charge in [0.2, 0.25) is 0 Å². The molecule has 0 unspecified atom stereocenters. The molecule has 0 radical (unpaired) electrons. The fourth-order valence-electron chi connectivity index (χ4n) is 3.23. The van der Waals surface area contributed by atoms with Crippen LogP contribution >= 0.6 is 0 Å². The average molecular weight is 381 g/mol. The van der Waals surface area contributed by atoms with Crippen LogP contribution in [0.5, 0.6) is 0 Å². The van der Waals surface area contributed by atoms with E-state index in [9.17, 15) is 0 Å². The molecule has 0 spiro atoms. The highest BCUT2D eigenvalue weighted by Crippen LogP contribution is 2.24. The van der Waals surface area contributed by atoms with Gasteiger partial charge in [-0.3, -0.25) is 9.67 Å². The minimum absolute atomic E-state index is 0.662. The lowest BCUT2D eigenvalue weighted by molar-refractivity contribution is 0.687. The molecule has 1 N–H and O–H groups in total. The molecule has 0 saturated heterocycles. The highest BCUT2D eigenvalue weighted by Gasteiger charge is 2.11. The van der Waals surface area contributed by atoms with Crippen molar-refractivity contribution in [3.05, 3.63) is 96.8 Å². The first-order valence-corrected chi connectivity index (χ1v) is 9.39. The lowest BCUT2D eigenvalue weighted by Crippen LogP contribution is -2.03. The number of hydrogen-bond donors (Lipinski definition) is 1. The molecule has 0 fully saturated rings. The first-order chi connectivity index (χ1) is 14.3. The number of hydrogen-bond acceptors (Lipinski definition) is 5. The van der Waals surface area contributed by atoms with Crippen molar-refractivity contribution in [1.29, 1.82) is 0 Å². The number of nitrogens with one attached hydrogen (secondary N) is 1. The fourth-order valence-corrected chi connectivity index (χ4v) is 3.23. The lowest BCUT2D eigenvalue weighted by atomic mass is 10.2. The minimum atomic E-state index is 0.662. The Kier molecular flexibility index (Phi) is 4.46. The van der Waals surface area contributed by atoms with Gasteiger partial charge in [0.15, 0.2) is 5.65 Å². The summed E-state index contributed by atoms with van der Waals surface area (Å²) in [7, 11) is 0. The van der Waals surface area contributed by atoms with Crippen molar-refractivity contribution in [2.24, 2.45) is 0 Å². The van der Waals surface area contributed by atoms with Crippen LogP contribution in [0.1, 0.15) is 11.1 Å². The van der Waals surface area contributed by atoms with Crippen LogP contribution in [0.4, 0.5) is 5.82 Å². The Hall–Kier alpha value is -4.00. The zero-order chi connectivity index (χ0) is 19.5. The van der Waals surface area contributed by atoms with Crippen LogP contribution in [0, 0.1) is 0 Å². The molecule has 0 bridgehead atoms. The van der Waals surface area contributed by atoms with Crippen LogP contribution in [-0.4, -0.2) is 29.4 Å². The van der Waals surface area contributed by atoms with E-state index in [1.807, 2.05) is 72.1 Å². The van der Waals surface area contributed by atoms with Crippen LogP contribution in [0.25, 0.3) is 16.8 Å². The Bertz CT molecular complexity index is 1230. The predicted molar refractivity (Wildman–Crippen MR) is 111 cm³/mol. The number of fused-ring (bicyclic) bond motifs is 1. The summed E-state index contributed by atoms with van der Waals surface area (Å²) < 4.78 is 3.71. The van der Waals surface area contributed by atoms with E-state index < -0.39 is 0 Å². The van der Waals surface area contributed by atoms with Gasteiger partial charge in [-0.1, -0.05) is 36.4 Å². The molecule has 4 heterocycles. The molecule has 7 nitrogen and oxygen atoms in total. The van der Waals surface area contributed by atoms with E-state index in [1.54, 1.807) is 10.7 Å². The van der Waals surface area contributed by atoms with Gasteiger partial charge in [-0.25, -0.2) is 9.50 Å². The van der Waals surface area contributed by atoms with Crippen LogP contribution in [-0.2, 0) is 13.1 Å². The van der Waals surface area contributed by atoms with Gasteiger partial charge in [-0.15, -0.1) is 0 Å². The molecule has 0 aliphatic rings. The zero-order valence-electron chi connectivity index (χ0n) is 15.7. The number of benzene rings is 1. The second-order valence-corrected chi connectivity index (χ2v) is 6.77. The van der Waals surface area contributed by atoms with E-state index in [2.05, 4.69) is 32.6 Å². The molecular weight excluding hydrogens is 362 g/mol. The van der Waals surface area contributed by atoms with Crippen LogP contribution < -0.4 is 5.32 Å². The van der Waals surface area contributed by atoms with Crippen LogP contribution in [0.3, 0.4) is 0 Å². The SMILES string of the molecule is c1ccc(Cn2cc(-c3cnn4ccc(NCc5cccnc5)nc34)cn2)cc1. The third kappa shape index (κ3) is 3.70. The molecular formula is C22H19N7. The van der Waals surface area contributed by atoms with Crippen molar-refractivity contribution in [3.63, 3.8) is 0 Å². The maximum Gasteiger partial charge on any atom is 0.165 e. The fraction of sp³-hybridized carbons (Fsp3) is 0.0909. The number of rotatable bonds is 6. The van der Waals surface area contributed by atoms with Gasteiger partial charge >= 0.3 is 0 Å². The van der Waals surface area contributed by atoms with Gasteiger partial charge in [0.25, 0.3) is 0 Å². The summed E-state index contributed by atoms with van der Waals surface area (Å²) in [5.41, 5.74) is 5.05. The average Bonchev–Trinajstić information content (AvgIpc) is 3.40. The molecule has 0 saturated carbocycles. The minimum Gasteiger partial charge on any atom is -0.366 e. The summed E-state index contributed by atoms with van der Waals surface area (Å²) >= 11 is 0. The summed E-state index contributed by atoms with van der Waals surface area (Å²) in [6.07, 6.45) is 11.2. The van der Waals surface area contributed by atoms with Crippen molar-refractivity contribution in [2.45, 2.75) is 13.1 Å². The van der Waals surface area contributed by atoms with E-state index in [-0.39, 0.29) is 0 Å². The Morgan fingerprint density at radius 1 is 0.862 bits per heavy atom. The summed E-state index contributed by atoms with van der Waals surface area (Å²) in [4.78, 5) is 8.89. The van der Waals surface area contributed by atoms with Gasteiger partial charge in [0, 0.05) is 42.5 Å². The van der Waals surface area contributed by atoms with E-state index in [4.69, 9.17) is 4.98 Å². The molecule has 7 heteroatoms. The standard InChI is InChI=1S/C22H19N7/c1-2-5-17(6-3-1)15-28-16-19(13-25-28)20-14-26-29-10-8-21(27-22(20)29)24-12-18-7-4-9-23-11-18/h1-11,13-14,16H,12,15H2,(H,24,27). The summed E-state index contributed by atoms with van der Waals surface area (Å²) in [6, 6.07) is 16.2. The Morgan fingerprint density at radius 3 is 2.62 bits per heavy atom. The quantitative estimate of drug-likeness (QED) is 0.486. The number of aromatic nitrogens is 6. The topological polar surface area (TPSA) is 72.9 Å². The van der Waals surface area contributed by atoms with Gasteiger partial charge in [-0.2, -0.15) is 10.2 Å². The second-order valence-electron chi connectivity index (χ2n) is 6.77. The summed E-state index contributed by atoms with van der Waals surface area (Å²) in [5.74, 6) is 0.791. The molecule has 29 heavy (non-hydrogen) atoms. The summed E-state index contributed by atoms with van der Waals surface area (Å²) in [6.45, 7) is 1.39. The van der Waals surface area contributed by atoms with Crippen molar-refractivity contribution < 1.29 is 0 Å². The van der Waals surface area contributed by atoms with Gasteiger partial charge in [0.05, 0.1) is 18.9 Å². The van der Waals surface area contributed by atoms with E-state index in [0.717, 1.165) is 34.7 Å². The Morgan fingerprint density at radius 2 is 1.76 bits per heavy atom. The third-order valence-electron chi connectivity index (χ3n) is 4.70. The smallest absolute Gasteiger partial charge is 0.165 e. The van der Waals surface area contributed by atoms with Crippen LogP contribution in [0.2, 0.25) is 0 Å². The van der Waals surface area contributed by atoms with Crippen molar-refractivity contribution >= 4 is 11.5 Å². The molecule has 142 valence electrons. The summed E-state index contributed by atoms with van der Waals surface area (Å²) in [5, 5.41) is 12.3. The first kappa shape index (κ1) is 17.1. The van der Waals surface area contributed by atoms with Crippen molar-refractivity contribution in [1.82, 2.24) is 29.4 Å². The first-order valence-electron chi connectivity index (χ1n) is 9.39. The lowest BCUT2D eigenvalue weighted by Gasteiger charge is -2.06.